The number of nitrogens with one attached hydrogen (secondary N) is 2. The van der Waals surface area contributed by atoms with E-state index in [1.807, 2.05) is 4.90 Å². The molecule has 0 bridgehead atoms. The van der Waals surface area contributed by atoms with Crippen molar-refractivity contribution in [1.29, 1.82) is 0 Å². The molecule has 3 heterocycles. The number of hydrogen-bond acceptors (Lipinski definition) is 7. The van der Waals surface area contributed by atoms with Crippen molar-refractivity contribution in [2.45, 2.75) is 56.8 Å². The summed E-state index contributed by atoms with van der Waals surface area (Å²) in [4.78, 5) is 30.8. The van der Waals surface area contributed by atoms with Gasteiger partial charge in [0.05, 0.1) is 36.1 Å². The summed E-state index contributed by atoms with van der Waals surface area (Å²) in [5.41, 5.74) is -1.04. The Bertz CT molecular complexity index is 1240. The number of aliphatic hydroxyl groups is 1. The summed E-state index contributed by atoms with van der Waals surface area (Å²) >= 11 is 0. The third kappa shape index (κ3) is 6.70. The average Bonchev–Trinajstić information content (AvgIpc) is 3.36. The Labute approximate surface area is 235 Å². The molecule has 1 saturated carbocycles. The first-order chi connectivity index (χ1) is 19.5. The number of hydrogen-bond donors (Lipinski definition) is 3. The molecule has 0 radical (unpaired) electrons. The summed E-state index contributed by atoms with van der Waals surface area (Å²) in [5, 5.41) is 14.6. The minimum Gasteiger partial charge on any atom is -0.492 e. The molecule has 3 N–H and O–H groups in total. The lowest BCUT2D eigenvalue weighted by Crippen LogP contribution is -2.53. The second-order valence-corrected chi connectivity index (χ2v) is 11.4. The minimum absolute atomic E-state index is 0.0228. The third-order valence-corrected chi connectivity index (χ3v) is 8.54. The maximum absolute atomic E-state index is 14.9. The van der Waals surface area contributed by atoms with Crippen LogP contribution < -0.4 is 15.4 Å². The van der Waals surface area contributed by atoms with Gasteiger partial charge in [0.1, 0.15) is 11.6 Å². The zero-order valence-corrected chi connectivity index (χ0v) is 22.6. The molecule has 41 heavy (non-hydrogen) atoms. The number of β-amino-alcohol motifs (C(OH)–C–C–N with tert-alkyl or cyclic N) is 1. The number of ether oxygens (including phenoxy) is 1. The van der Waals surface area contributed by atoms with Crippen LogP contribution in [0.3, 0.4) is 0 Å². The van der Waals surface area contributed by atoms with E-state index in [0.29, 0.717) is 37.6 Å². The lowest BCUT2D eigenvalue weighted by atomic mass is 9.67. The van der Waals surface area contributed by atoms with E-state index in [1.165, 1.54) is 18.3 Å². The molecule has 1 aromatic heterocycles. The van der Waals surface area contributed by atoms with Crippen LogP contribution in [0.15, 0.2) is 36.5 Å². The number of imide groups is 1. The maximum atomic E-state index is 14.9. The van der Waals surface area contributed by atoms with Gasteiger partial charge in [0.25, 0.3) is 5.91 Å². The quantitative estimate of drug-likeness (QED) is 0.324. The second-order valence-electron chi connectivity index (χ2n) is 11.4. The molecule has 222 valence electrons. The molecule has 1 aromatic carbocycles. The van der Waals surface area contributed by atoms with Crippen LogP contribution in [0, 0.1) is 17.2 Å². The number of pyridine rings is 1. The fourth-order valence-corrected chi connectivity index (χ4v) is 5.77. The van der Waals surface area contributed by atoms with Crippen LogP contribution in [0.25, 0.3) is 11.3 Å². The van der Waals surface area contributed by atoms with Gasteiger partial charge in [0.15, 0.2) is 0 Å². The number of aliphatic hydroxyl groups excluding tert-OH is 1. The summed E-state index contributed by atoms with van der Waals surface area (Å²) in [6, 6.07) is 6.44. The lowest BCUT2D eigenvalue weighted by molar-refractivity contribution is -0.256. The number of piperidine rings is 1. The number of nitrogens with zero attached hydrogens (tertiary/aromatic N) is 2. The lowest BCUT2D eigenvalue weighted by Gasteiger charge is -2.47. The van der Waals surface area contributed by atoms with Gasteiger partial charge >= 0.3 is 6.18 Å². The number of halogens is 4. The highest BCUT2D eigenvalue weighted by molar-refractivity contribution is 6.06. The topological polar surface area (TPSA) is 104 Å². The highest BCUT2D eigenvalue weighted by Gasteiger charge is 2.58. The largest absolute Gasteiger partial charge is 0.492 e. The molecule has 2 aromatic rings. The second kappa shape index (κ2) is 12.0. The van der Waals surface area contributed by atoms with Crippen LogP contribution in [-0.4, -0.2) is 77.9 Å². The van der Waals surface area contributed by atoms with Gasteiger partial charge in [-0.15, -0.1) is 0 Å². The molecule has 5 rings (SSSR count). The average molecular weight is 579 g/mol. The van der Waals surface area contributed by atoms with E-state index in [9.17, 15) is 32.3 Å². The van der Waals surface area contributed by atoms with Gasteiger partial charge in [0.2, 0.25) is 5.91 Å². The molecule has 3 aliphatic rings. The number of rotatable bonds is 8. The van der Waals surface area contributed by atoms with Crippen molar-refractivity contribution < 1.29 is 37.0 Å². The Morgan fingerprint density at radius 2 is 1.93 bits per heavy atom. The molecule has 1 aliphatic carbocycles. The van der Waals surface area contributed by atoms with E-state index >= 15 is 0 Å². The number of aromatic nitrogens is 1. The van der Waals surface area contributed by atoms with E-state index in [-0.39, 0.29) is 49.4 Å². The summed E-state index contributed by atoms with van der Waals surface area (Å²) in [6.45, 7) is 2.00. The Kier molecular flexibility index (Phi) is 8.62. The van der Waals surface area contributed by atoms with Crippen LogP contribution >= 0.6 is 0 Å². The Morgan fingerprint density at radius 1 is 1.17 bits per heavy atom. The summed E-state index contributed by atoms with van der Waals surface area (Å²) in [5.74, 6) is -1.27. The first-order valence-electron chi connectivity index (χ1n) is 14.0. The SMILES string of the molecule is O=C(NC(=O)[C@@H]1C[C@@H](O)CN1)c1ccc(-c2ccc(OCC3CCN(CC4(C(F)(F)F)CCC4)CC3)cn2)c(F)c1. The van der Waals surface area contributed by atoms with Gasteiger partial charge in [-0.3, -0.25) is 19.9 Å². The van der Waals surface area contributed by atoms with Crippen molar-refractivity contribution in [2.24, 2.45) is 11.3 Å². The molecule has 2 aliphatic heterocycles. The molecule has 2 saturated heterocycles. The number of benzene rings is 1. The van der Waals surface area contributed by atoms with E-state index < -0.39 is 41.4 Å². The Hall–Kier alpha value is -3.09. The van der Waals surface area contributed by atoms with Crippen molar-refractivity contribution in [3.63, 3.8) is 0 Å². The molecule has 2 atom stereocenters. The molecule has 2 amide bonds. The fourth-order valence-electron chi connectivity index (χ4n) is 5.77. The number of carbonyl (C=O) groups excluding carboxylic acids is 2. The Morgan fingerprint density at radius 3 is 2.49 bits per heavy atom. The number of amides is 2. The normalized spacial score (nSPS) is 23.1. The highest BCUT2D eigenvalue weighted by Crippen LogP contribution is 2.53. The molecule has 12 heteroatoms. The molecule has 8 nitrogen and oxygen atoms in total. The summed E-state index contributed by atoms with van der Waals surface area (Å²) < 4.78 is 61.2. The van der Waals surface area contributed by atoms with Crippen molar-refractivity contribution in [3.8, 4) is 17.0 Å². The van der Waals surface area contributed by atoms with Gasteiger partial charge in [-0.2, -0.15) is 13.2 Å². The van der Waals surface area contributed by atoms with Gasteiger partial charge in [-0.05, 0) is 81.4 Å². The van der Waals surface area contributed by atoms with Gasteiger partial charge < -0.3 is 20.1 Å². The first-order valence-corrected chi connectivity index (χ1v) is 14.0. The molecular formula is C29H34F4N4O4. The van der Waals surface area contributed by atoms with E-state index in [4.69, 9.17) is 4.74 Å². The van der Waals surface area contributed by atoms with Gasteiger partial charge in [-0.1, -0.05) is 6.42 Å². The minimum atomic E-state index is -4.15. The van der Waals surface area contributed by atoms with E-state index in [1.54, 1.807) is 12.1 Å². The smallest absolute Gasteiger partial charge is 0.395 e. The predicted molar refractivity (Wildman–Crippen MR) is 142 cm³/mol. The van der Waals surface area contributed by atoms with Crippen LogP contribution in [0.1, 0.15) is 48.9 Å². The van der Waals surface area contributed by atoms with Crippen molar-refractivity contribution in [1.82, 2.24) is 20.5 Å². The fraction of sp³-hybridized carbons (Fsp3) is 0.552. The summed E-state index contributed by atoms with van der Waals surface area (Å²) in [6.07, 6.45) is -0.527. The molecule has 0 spiro atoms. The van der Waals surface area contributed by atoms with E-state index in [0.717, 1.165) is 18.9 Å². The monoisotopic (exact) mass is 578 g/mol. The molecule has 0 unspecified atom stereocenters. The first kappa shape index (κ1) is 29.4. The maximum Gasteiger partial charge on any atom is 0.395 e. The standard InChI is InChI=1S/C29H34F4N4O4/c30-23-12-19(26(39)36-27(40)25-13-20(38)14-34-25)2-4-22(23)24-5-3-21(15-35-24)41-16-18-6-10-37(11-7-18)17-28(8-1-9-28)29(31,32)33/h2-5,12,15,18,20,25,34,38H,1,6-11,13-14,16-17H2,(H,36,39,40)/t20-,25+/m1/s1. The van der Waals surface area contributed by atoms with Crippen molar-refractivity contribution >= 4 is 11.8 Å². The van der Waals surface area contributed by atoms with Crippen LogP contribution in [0.2, 0.25) is 0 Å². The van der Waals surface area contributed by atoms with Crippen molar-refractivity contribution in [3.05, 3.63) is 47.9 Å². The van der Waals surface area contributed by atoms with Gasteiger partial charge in [0, 0.05) is 24.2 Å². The number of carbonyl (C=O) groups is 2. The summed E-state index contributed by atoms with van der Waals surface area (Å²) in [7, 11) is 0. The van der Waals surface area contributed by atoms with Crippen LogP contribution in [0.5, 0.6) is 5.75 Å². The zero-order valence-electron chi connectivity index (χ0n) is 22.6. The van der Waals surface area contributed by atoms with Crippen LogP contribution in [0.4, 0.5) is 17.6 Å². The van der Waals surface area contributed by atoms with Crippen LogP contribution in [-0.2, 0) is 4.79 Å². The van der Waals surface area contributed by atoms with E-state index in [2.05, 4.69) is 15.6 Å². The third-order valence-electron chi connectivity index (χ3n) is 8.54. The highest BCUT2D eigenvalue weighted by atomic mass is 19.4. The zero-order chi connectivity index (χ0) is 29.2. The Balaban J connectivity index is 1.09. The van der Waals surface area contributed by atoms with Gasteiger partial charge in [-0.25, -0.2) is 4.39 Å². The molecule has 3 fully saturated rings. The molecular weight excluding hydrogens is 544 g/mol. The number of likely N-dealkylation sites (tertiary alicyclic amines) is 1. The number of alkyl halides is 3. The van der Waals surface area contributed by atoms with Crippen molar-refractivity contribution in [2.75, 3.05) is 32.8 Å². The predicted octanol–water partition coefficient (Wildman–Crippen LogP) is 3.69.